The van der Waals surface area contributed by atoms with Gasteiger partial charge < -0.3 is 9.80 Å². The third-order valence-electron chi connectivity index (χ3n) is 12.4. The Balaban J connectivity index is 1.02. The van der Waals surface area contributed by atoms with Crippen LogP contribution in [-0.4, -0.2) is 6.71 Å². The van der Waals surface area contributed by atoms with Crippen molar-refractivity contribution in [2.45, 2.75) is 19.3 Å². The Kier molecular flexibility index (Phi) is 6.36. The number of hydrogen-bond acceptors (Lipinski definition) is 3. The molecule has 258 valence electrons. The van der Waals surface area contributed by atoms with Crippen LogP contribution in [0.3, 0.4) is 0 Å². The molecule has 7 aromatic carbocycles. The summed E-state index contributed by atoms with van der Waals surface area (Å²) in [6.45, 7) is 4.80. The number of hydrogen-bond donors (Lipinski definition) is 0. The van der Waals surface area contributed by atoms with E-state index in [1.165, 1.54) is 92.9 Å². The number of aromatic nitrogens is 1. The minimum absolute atomic E-state index is 0.0438. The first kappa shape index (κ1) is 31.0. The highest BCUT2D eigenvalue weighted by Crippen LogP contribution is 2.50. The Hall–Kier alpha value is -6.43. The Morgan fingerprint density at radius 2 is 1.11 bits per heavy atom. The molecule has 12 rings (SSSR count). The first-order valence-corrected chi connectivity index (χ1v) is 20.0. The summed E-state index contributed by atoms with van der Waals surface area (Å²) >= 11 is 1.89. The topological polar surface area (TPSA) is 10.4 Å². The van der Waals surface area contributed by atoms with Gasteiger partial charge >= 0.3 is 0 Å². The molecule has 2 aliphatic heterocycles. The largest absolute Gasteiger partial charge is 0.311 e. The molecule has 55 heavy (non-hydrogen) atoms. The molecule has 5 heteroatoms. The molecule has 0 saturated carbocycles. The molecule has 2 aromatic heterocycles. The predicted octanol–water partition coefficient (Wildman–Crippen LogP) is 10.7. The second-order valence-corrected chi connectivity index (χ2v) is 16.6. The van der Waals surface area contributed by atoms with Gasteiger partial charge in [0.15, 0.2) is 12.4 Å². The van der Waals surface area contributed by atoms with Crippen LogP contribution in [0.5, 0.6) is 0 Å². The van der Waals surface area contributed by atoms with Gasteiger partial charge in [0, 0.05) is 67.9 Å². The van der Waals surface area contributed by atoms with E-state index in [-0.39, 0.29) is 12.1 Å². The minimum atomic E-state index is -0.0438. The van der Waals surface area contributed by atoms with E-state index >= 15 is 0 Å². The molecule has 3 nitrogen and oxygen atoms in total. The molecule has 0 unspecified atom stereocenters. The molecular formula is C50H35BN3S+. The first-order valence-electron chi connectivity index (χ1n) is 19.1. The van der Waals surface area contributed by atoms with Gasteiger partial charge in [-0.25, -0.2) is 0 Å². The number of rotatable bonds is 3. The van der Waals surface area contributed by atoms with E-state index in [2.05, 4.69) is 204 Å². The van der Waals surface area contributed by atoms with Crippen molar-refractivity contribution in [3.8, 4) is 16.8 Å². The van der Waals surface area contributed by atoms with E-state index in [0.29, 0.717) is 0 Å². The maximum atomic E-state index is 2.53. The molecule has 0 saturated heterocycles. The number of para-hydroxylation sites is 2. The molecule has 4 heterocycles. The fourth-order valence-corrected chi connectivity index (χ4v) is 11.1. The monoisotopic (exact) mass is 720 g/mol. The lowest BCUT2D eigenvalue weighted by molar-refractivity contribution is -0.595. The second kappa shape index (κ2) is 11.3. The number of nitrogens with zero attached hydrogens (tertiary/aromatic N) is 3. The lowest BCUT2D eigenvalue weighted by Crippen LogP contribution is -2.61. The van der Waals surface area contributed by atoms with E-state index in [1.54, 1.807) is 0 Å². The van der Waals surface area contributed by atoms with Crippen molar-refractivity contribution in [2.75, 3.05) is 9.80 Å². The van der Waals surface area contributed by atoms with Crippen LogP contribution in [0.2, 0.25) is 0 Å². The summed E-state index contributed by atoms with van der Waals surface area (Å²) in [6.07, 6.45) is 4.44. The van der Waals surface area contributed by atoms with Crippen molar-refractivity contribution >= 4 is 88.7 Å². The summed E-state index contributed by atoms with van der Waals surface area (Å²) in [6, 6.07) is 60.9. The van der Waals surface area contributed by atoms with Gasteiger partial charge in [0.25, 0.3) is 6.71 Å². The van der Waals surface area contributed by atoms with Gasteiger partial charge in [-0.1, -0.05) is 111 Å². The fraction of sp³-hybridized carbons (Fsp3) is 0.0600. The van der Waals surface area contributed by atoms with Crippen LogP contribution in [0.1, 0.15) is 25.0 Å². The van der Waals surface area contributed by atoms with Crippen LogP contribution in [0.25, 0.3) is 37.0 Å². The van der Waals surface area contributed by atoms with Gasteiger partial charge in [0.2, 0.25) is 5.69 Å². The summed E-state index contributed by atoms with van der Waals surface area (Å²) in [5.74, 6) is 0. The van der Waals surface area contributed by atoms with Crippen LogP contribution >= 0.6 is 11.3 Å². The molecule has 3 aliphatic rings. The van der Waals surface area contributed by atoms with Crippen molar-refractivity contribution in [1.82, 2.24) is 0 Å². The van der Waals surface area contributed by atoms with Crippen LogP contribution in [0, 0.1) is 0 Å². The Bertz CT molecular complexity index is 3050. The third-order valence-corrected chi connectivity index (χ3v) is 13.6. The number of pyridine rings is 1. The summed E-state index contributed by atoms with van der Waals surface area (Å²) in [7, 11) is 0. The predicted molar refractivity (Wildman–Crippen MR) is 232 cm³/mol. The molecule has 0 atom stereocenters. The van der Waals surface area contributed by atoms with Gasteiger partial charge in [-0.05, 0) is 81.1 Å². The maximum Gasteiger partial charge on any atom is 0.252 e. The van der Waals surface area contributed by atoms with Crippen molar-refractivity contribution < 1.29 is 4.57 Å². The summed E-state index contributed by atoms with van der Waals surface area (Å²) in [4.78, 5) is 5.00. The van der Waals surface area contributed by atoms with E-state index in [0.717, 1.165) is 5.69 Å². The van der Waals surface area contributed by atoms with Crippen molar-refractivity contribution in [3.05, 3.63) is 187 Å². The van der Waals surface area contributed by atoms with Crippen LogP contribution in [0.15, 0.2) is 176 Å². The molecular weight excluding hydrogens is 685 g/mol. The SMILES string of the molecule is CC1(C)c2ccccc2-c2ccc(-[n+]3ccc(N4c5ccccc5B5c6ccccc6N(c6cccc7c6sc6ccccc67)c6cccc4c65)cc3)cc21. The number of benzene rings is 7. The Morgan fingerprint density at radius 1 is 0.509 bits per heavy atom. The number of anilines is 6. The summed E-state index contributed by atoms with van der Waals surface area (Å²) in [5.41, 5.74) is 17.9. The van der Waals surface area contributed by atoms with E-state index in [4.69, 9.17) is 0 Å². The van der Waals surface area contributed by atoms with E-state index in [9.17, 15) is 0 Å². The molecule has 9 aromatic rings. The fourth-order valence-electron chi connectivity index (χ4n) is 9.87. The third kappa shape index (κ3) is 4.24. The highest BCUT2D eigenvalue weighted by Gasteiger charge is 2.43. The number of fused-ring (bicyclic) bond motifs is 10. The summed E-state index contributed by atoms with van der Waals surface area (Å²) < 4.78 is 4.89. The van der Waals surface area contributed by atoms with Gasteiger partial charge in [0.1, 0.15) is 0 Å². The molecule has 0 bridgehead atoms. The average Bonchev–Trinajstić information content (AvgIpc) is 3.73. The molecule has 0 spiro atoms. The van der Waals surface area contributed by atoms with Crippen molar-refractivity contribution in [1.29, 1.82) is 0 Å². The van der Waals surface area contributed by atoms with Gasteiger partial charge in [-0.15, -0.1) is 11.3 Å². The quantitative estimate of drug-likeness (QED) is 0.133. The van der Waals surface area contributed by atoms with Gasteiger partial charge in [0.05, 0.1) is 16.1 Å². The zero-order valence-corrected chi connectivity index (χ0v) is 31.4. The maximum absolute atomic E-state index is 2.53. The van der Waals surface area contributed by atoms with Gasteiger partial charge in [-0.2, -0.15) is 4.57 Å². The van der Waals surface area contributed by atoms with E-state index < -0.39 is 0 Å². The highest BCUT2D eigenvalue weighted by atomic mass is 32.1. The zero-order valence-electron chi connectivity index (χ0n) is 30.6. The second-order valence-electron chi connectivity index (χ2n) is 15.5. The smallest absolute Gasteiger partial charge is 0.252 e. The lowest BCUT2D eigenvalue weighted by Gasteiger charge is -2.43. The summed E-state index contributed by atoms with van der Waals surface area (Å²) in [5, 5.41) is 2.63. The Morgan fingerprint density at radius 3 is 1.93 bits per heavy atom. The van der Waals surface area contributed by atoms with Crippen molar-refractivity contribution in [3.63, 3.8) is 0 Å². The minimum Gasteiger partial charge on any atom is -0.311 e. The van der Waals surface area contributed by atoms with E-state index in [1.807, 2.05) is 11.3 Å². The molecule has 0 fully saturated rings. The molecule has 0 amide bonds. The molecule has 0 N–H and O–H groups in total. The van der Waals surface area contributed by atoms with Crippen LogP contribution < -0.4 is 30.8 Å². The number of thiophene rings is 1. The average molecular weight is 721 g/mol. The lowest BCUT2D eigenvalue weighted by atomic mass is 9.33. The zero-order chi connectivity index (χ0) is 36.4. The standard InChI is InChI=1S/C50H35BN3S/c1-50(2)38-16-5-3-13-34(38)35-26-25-33(31-39(35)50)52-29-27-32(28-30-52)53-42-19-8-6-17-40(42)51-41-18-7-9-20-43(41)54(45-22-12-21-44(53)48(45)51)46-23-11-15-37-36-14-4-10-24-47(36)55-49(37)46/h3-31H,1-2H3/q+1. The van der Waals surface area contributed by atoms with Crippen LogP contribution in [-0.2, 0) is 5.41 Å². The normalized spacial score (nSPS) is 14.4. The molecule has 0 radical (unpaired) electrons. The van der Waals surface area contributed by atoms with Crippen molar-refractivity contribution in [2.24, 2.45) is 0 Å². The van der Waals surface area contributed by atoms with Gasteiger partial charge in [-0.3, -0.25) is 0 Å². The highest BCUT2D eigenvalue weighted by molar-refractivity contribution is 7.26. The van der Waals surface area contributed by atoms with Crippen LogP contribution in [0.4, 0.5) is 34.1 Å². The first-order chi connectivity index (χ1) is 27.1. The molecule has 1 aliphatic carbocycles. The Labute approximate surface area is 325 Å².